The molecule has 0 aliphatic rings. The molecule has 0 aliphatic heterocycles. The Bertz CT molecular complexity index is 2870. The van der Waals surface area contributed by atoms with Crippen molar-refractivity contribution >= 4 is 91.6 Å². The van der Waals surface area contributed by atoms with Crippen molar-refractivity contribution in [2.24, 2.45) is 0 Å². The summed E-state index contributed by atoms with van der Waals surface area (Å²) in [7, 11) is 0. The van der Waals surface area contributed by atoms with E-state index in [2.05, 4.69) is 0 Å². The van der Waals surface area contributed by atoms with Crippen LogP contribution in [0.15, 0.2) is 0 Å². The first kappa shape index (κ1) is 77.0. The third-order valence-corrected chi connectivity index (χ3v) is 13.6. The van der Waals surface area contributed by atoms with Gasteiger partial charge in [0.25, 0.3) is 0 Å². The molecule has 0 saturated carbocycles. The summed E-state index contributed by atoms with van der Waals surface area (Å²) in [6.07, 6.45) is -8.09. The van der Waals surface area contributed by atoms with Gasteiger partial charge in [0.2, 0.25) is 12.7 Å². The summed E-state index contributed by atoms with van der Waals surface area (Å²) >= 11 is 0. The van der Waals surface area contributed by atoms with Crippen LogP contribution in [0.25, 0.3) is 0 Å². The molecule has 476 valence electrons. The second-order valence-electron chi connectivity index (χ2n) is 18.8. The van der Waals surface area contributed by atoms with E-state index in [9.17, 15) is 79.0 Å². The Labute approximate surface area is 512 Å². The zero-order valence-electron chi connectivity index (χ0n) is 46.6. The summed E-state index contributed by atoms with van der Waals surface area (Å²) in [5.41, 5.74) is -16.6. The number of hydrogen-bond donors (Lipinski definition) is 0. The summed E-state index contributed by atoms with van der Waals surface area (Å²) in [5, 5.41) is 0. The molecule has 0 amide bonds. The van der Waals surface area contributed by atoms with Gasteiger partial charge in [0, 0.05) is 13.2 Å². The third-order valence-electron chi connectivity index (χ3n) is 13.6. The van der Waals surface area contributed by atoms with Crippen molar-refractivity contribution in [1.82, 2.24) is 0 Å². The van der Waals surface area contributed by atoms with Gasteiger partial charge in [-0.15, -0.1) is 0 Å². The van der Waals surface area contributed by atoms with Crippen LogP contribution in [0.5, 0.6) is 0 Å². The van der Waals surface area contributed by atoms with Gasteiger partial charge in [-0.2, -0.15) is 0 Å². The number of unbranched alkanes of at least 4 members (excludes halogenated alkanes) is 10. The van der Waals surface area contributed by atoms with Crippen molar-refractivity contribution in [3.63, 3.8) is 0 Å². The fraction of sp³-hybridized carbons (Fsp3) is 0.308. The number of benzene rings is 6. The molecule has 36 heteroatoms. The second-order valence-corrected chi connectivity index (χ2v) is 18.8. The second kappa shape index (κ2) is 31.2. The molecule has 88 heavy (non-hydrogen) atoms. The summed E-state index contributed by atoms with van der Waals surface area (Å²) in [5.74, 6) is -91.7. The molecule has 0 aromatic heterocycles. The first-order valence-electron chi connectivity index (χ1n) is 24.9. The standard InChI is InChI=1S/2C26H17BF15O.2Mg.2H/c2*1-2-3-4-5-6-7-8-43-27(9-12(28)18(34)24(40)19(35)13(9)29,10-14(30)20(36)25(41)21(37)15(10)31)11-16(32)22(38)26(42)23(39)17(11)33;;;;/h2*2-8H2,1H3;;;;/q2*-1;2*+2;2*-1. The molecular weight excluding hydrogens is 1300 g/mol. The molecule has 6 aromatic carbocycles. The number of halogens is 30. The molecule has 0 saturated heterocycles. The van der Waals surface area contributed by atoms with Crippen LogP contribution in [0.2, 0.25) is 0 Å². The monoisotopic (exact) mass is 1330 g/mol. The van der Waals surface area contributed by atoms with Gasteiger partial charge in [-0.1, -0.05) is 111 Å². The van der Waals surface area contributed by atoms with Gasteiger partial charge in [-0.3, -0.25) is 0 Å². The number of hydrogen-bond acceptors (Lipinski definition) is 2. The van der Waals surface area contributed by atoms with Crippen molar-refractivity contribution in [1.29, 1.82) is 0 Å². The largest absolute Gasteiger partial charge is 2.00 e. The first-order chi connectivity index (χ1) is 40.2. The van der Waals surface area contributed by atoms with Gasteiger partial charge in [0.05, 0.1) is 0 Å². The Hall–Kier alpha value is -5.20. The van der Waals surface area contributed by atoms with E-state index in [1.165, 1.54) is 0 Å². The maximum absolute atomic E-state index is 15.3. The molecule has 2 nitrogen and oxygen atoms in total. The molecule has 0 radical (unpaired) electrons. The molecule has 0 N–H and O–H groups in total. The summed E-state index contributed by atoms with van der Waals surface area (Å²) in [6, 6.07) is 0. The van der Waals surface area contributed by atoms with E-state index in [0.29, 0.717) is 38.5 Å². The van der Waals surface area contributed by atoms with Crippen LogP contribution in [0.3, 0.4) is 0 Å². The minimum Gasteiger partial charge on any atom is -1.00 e. The molecule has 6 aromatic rings. The number of rotatable bonds is 22. The Morgan fingerprint density at radius 1 is 0.193 bits per heavy atom. The zero-order valence-corrected chi connectivity index (χ0v) is 47.5. The van der Waals surface area contributed by atoms with E-state index in [1.807, 2.05) is 13.8 Å². The SMILES string of the molecule is CCCCCCCCO[B-](c1c(F)c(F)c(F)c(F)c1F)(c1c(F)c(F)c(F)c(F)c1F)c1c(F)c(F)c(F)c(F)c1F.CCCCCCCCO[B-](c1c(F)c(F)c(F)c(F)c1F)(c1c(F)c(F)c(F)c(F)c1F)c1c(F)c(F)c(F)c(F)c1F.[H-].[H-].[Mg+2].[Mg+2]. The van der Waals surface area contributed by atoms with E-state index in [1.54, 1.807) is 0 Å². The molecule has 0 atom stereocenters. The minimum absolute atomic E-state index is 0. The molecule has 0 spiro atoms. The van der Waals surface area contributed by atoms with E-state index >= 15 is 52.7 Å². The smallest absolute Gasteiger partial charge is 1.00 e. The molecule has 0 heterocycles. The maximum atomic E-state index is 15.3. The molecule has 0 bridgehead atoms. The van der Waals surface area contributed by atoms with E-state index in [4.69, 9.17) is 9.31 Å². The topological polar surface area (TPSA) is 18.5 Å². The summed E-state index contributed by atoms with van der Waals surface area (Å²) in [4.78, 5) is 0. The van der Waals surface area contributed by atoms with E-state index < -0.39 is 246 Å². The molecule has 6 rings (SSSR count). The predicted octanol–water partition coefficient (Wildman–Crippen LogP) is 13.7. The van der Waals surface area contributed by atoms with Crippen molar-refractivity contribution < 1.29 is 144 Å². The normalized spacial score (nSPS) is 11.7. The molecule has 0 aliphatic carbocycles. The Morgan fingerprint density at radius 2 is 0.307 bits per heavy atom. The molecule has 0 unspecified atom stereocenters. The third kappa shape index (κ3) is 13.6. The first-order valence-corrected chi connectivity index (χ1v) is 24.9. The average Bonchev–Trinajstić information content (AvgIpc) is 0.813. The van der Waals surface area contributed by atoms with Crippen molar-refractivity contribution in [3.8, 4) is 0 Å². The van der Waals surface area contributed by atoms with Crippen LogP contribution in [0.4, 0.5) is 132 Å². The average molecular weight is 1330 g/mol. The minimum atomic E-state index is -5.94. The fourth-order valence-corrected chi connectivity index (χ4v) is 9.52. The van der Waals surface area contributed by atoms with Crippen LogP contribution in [0, 0.1) is 175 Å². The summed E-state index contributed by atoms with van der Waals surface area (Å²) in [6.45, 7) is 1.14. The Morgan fingerprint density at radius 3 is 0.443 bits per heavy atom. The predicted molar refractivity (Wildman–Crippen MR) is 259 cm³/mol. The van der Waals surface area contributed by atoms with Crippen LogP contribution in [-0.2, 0) is 9.31 Å². The summed E-state index contributed by atoms with van der Waals surface area (Å²) < 4.78 is 449. The van der Waals surface area contributed by atoms with Gasteiger partial charge in [-0.25, -0.2) is 132 Å². The van der Waals surface area contributed by atoms with Crippen LogP contribution in [-0.4, -0.2) is 72.0 Å². The Balaban J connectivity index is 0.000000862. The van der Waals surface area contributed by atoms with E-state index in [0.717, 1.165) is 12.8 Å². The fourth-order valence-electron chi connectivity index (χ4n) is 9.52. The van der Waals surface area contributed by atoms with Gasteiger partial charge >= 0.3 is 46.1 Å². The molecule has 0 fully saturated rings. The van der Waals surface area contributed by atoms with Gasteiger partial charge in [0.1, 0.15) is 69.8 Å². The van der Waals surface area contributed by atoms with Crippen LogP contribution < -0.4 is 32.8 Å². The van der Waals surface area contributed by atoms with Gasteiger partial charge < -0.3 is 12.2 Å². The zero-order chi connectivity index (χ0) is 65.1. The van der Waals surface area contributed by atoms with Crippen LogP contribution >= 0.6 is 0 Å². The van der Waals surface area contributed by atoms with Gasteiger partial charge in [-0.05, 0) is 12.8 Å². The van der Waals surface area contributed by atoms with Crippen molar-refractivity contribution in [2.45, 2.75) is 90.9 Å². The maximum Gasteiger partial charge on any atom is 2.00 e. The van der Waals surface area contributed by atoms with E-state index in [-0.39, 0.29) is 61.8 Å². The Kier molecular flexibility index (Phi) is 27.3. The van der Waals surface area contributed by atoms with Crippen LogP contribution in [0.1, 0.15) is 93.8 Å². The quantitative estimate of drug-likeness (QED) is 0.0222. The van der Waals surface area contributed by atoms with Crippen molar-refractivity contribution in [2.75, 3.05) is 13.2 Å². The van der Waals surface area contributed by atoms with Crippen molar-refractivity contribution in [3.05, 3.63) is 175 Å². The molecular formula is C52H36B2F30Mg2O2. The van der Waals surface area contributed by atoms with Gasteiger partial charge in [0.15, 0.2) is 105 Å².